The van der Waals surface area contributed by atoms with Crippen LogP contribution in [0.2, 0.25) is 0 Å². The second-order valence-electron chi connectivity index (χ2n) is 6.32. The number of ether oxygens (including phenoxy) is 1. The number of halogens is 1. The molecule has 2 N–H and O–H groups in total. The van der Waals surface area contributed by atoms with E-state index in [0.717, 1.165) is 23.3 Å². The SMILES string of the molecule is C[C@@H](N)CCOc1ccc(F)cc1CN(C)c1ccc2ncncc2n1. The molecule has 0 spiro atoms. The molecule has 0 radical (unpaired) electrons. The second kappa shape index (κ2) is 8.05. The average molecular weight is 355 g/mol. The van der Waals surface area contributed by atoms with Crippen LogP contribution < -0.4 is 15.4 Å². The summed E-state index contributed by atoms with van der Waals surface area (Å²) < 4.78 is 19.5. The van der Waals surface area contributed by atoms with Crippen molar-refractivity contribution in [2.24, 2.45) is 5.73 Å². The fourth-order valence-electron chi connectivity index (χ4n) is 2.58. The van der Waals surface area contributed by atoms with Crippen LogP contribution in [0, 0.1) is 5.82 Å². The predicted octanol–water partition coefficient (Wildman–Crippen LogP) is 2.92. The minimum absolute atomic E-state index is 0.0607. The van der Waals surface area contributed by atoms with Gasteiger partial charge in [-0.15, -0.1) is 0 Å². The van der Waals surface area contributed by atoms with Gasteiger partial charge < -0.3 is 15.4 Å². The molecule has 0 aliphatic heterocycles. The summed E-state index contributed by atoms with van der Waals surface area (Å²) in [5, 5.41) is 0. The maximum atomic E-state index is 13.7. The number of rotatable bonds is 7. The van der Waals surface area contributed by atoms with E-state index in [9.17, 15) is 4.39 Å². The Balaban J connectivity index is 1.78. The minimum atomic E-state index is -0.298. The average Bonchev–Trinajstić information content (AvgIpc) is 2.63. The van der Waals surface area contributed by atoms with Crippen LogP contribution in [0.25, 0.3) is 11.0 Å². The lowest BCUT2D eigenvalue weighted by Gasteiger charge is -2.21. The summed E-state index contributed by atoms with van der Waals surface area (Å²) in [6.07, 6.45) is 3.90. The smallest absolute Gasteiger partial charge is 0.129 e. The highest BCUT2D eigenvalue weighted by Gasteiger charge is 2.11. The van der Waals surface area contributed by atoms with E-state index in [1.54, 1.807) is 12.3 Å². The number of fused-ring (bicyclic) bond motifs is 1. The van der Waals surface area contributed by atoms with Crippen LogP contribution >= 0.6 is 0 Å². The van der Waals surface area contributed by atoms with Crippen molar-refractivity contribution in [3.05, 3.63) is 54.2 Å². The molecular formula is C19H22FN5O. The van der Waals surface area contributed by atoms with Gasteiger partial charge in [-0.25, -0.2) is 19.3 Å². The first-order valence-corrected chi connectivity index (χ1v) is 8.47. The van der Waals surface area contributed by atoms with Crippen LogP contribution in [-0.2, 0) is 6.54 Å². The monoisotopic (exact) mass is 355 g/mol. The fourth-order valence-corrected chi connectivity index (χ4v) is 2.58. The van der Waals surface area contributed by atoms with Gasteiger partial charge in [0, 0.05) is 25.2 Å². The third kappa shape index (κ3) is 4.43. The summed E-state index contributed by atoms with van der Waals surface area (Å²) in [5.74, 6) is 1.11. The van der Waals surface area contributed by atoms with Crippen molar-refractivity contribution in [2.75, 3.05) is 18.6 Å². The fraction of sp³-hybridized carbons (Fsp3) is 0.316. The molecule has 26 heavy (non-hydrogen) atoms. The highest BCUT2D eigenvalue weighted by Crippen LogP contribution is 2.24. The molecule has 136 valence electrons. The Bertz CT molecular complexity index is 887. The number of nitrogens with two attached hydrogens (primary N) is 1. The van der Waals surface area contributed by atoms with E-state index in [1.807, 2.05) is 31.0 Å². The molecule has 1 atom stereocenters. The quantitative estimate of drug-likeness (QED) is 0.702. The first-order valence-electron chi connectivity index (χ1n) is 8.47. The van der Waals surface area contributed by atoms with Crippen molar-refractivity contribution in [1.82, 2.24) is 15.0 Å². The molecule has 2 aromatic heterocycles. The molecule has 2 heterocycles. The third-order valence-electron chi connectivity index (χ3n) is 4.00. The lowest BCUT2D eigenvalue weighted by molar-refractivity contribution is 0.297. The van der Waals surface area contributed by atoms with Crippen LogP contribution in [0.3, 0.4) is 0 Å². The molecule has 1 aromatic carbocycles. The van der Waals surface area contributed by atoms with E-state index in [4.69, 9.17) is 10.5 Å². The zero-order valence-corrected chi connectivity index (χ0v) is 14.9. The second-order valence-corrected chi connectivity index (χ2v) is 6.32. The summed E-state index contributed by atoms with van der Waals surface area (Å²) in [5.41, 5.74) is 8.00. The van der Waals surface area contributed by atoms with Crippen molar-refractivity contribution in [3.8, 4) is 5.75 Å². The number of benzene rings is 1. The van der Waals surface area contributed by atoms with E-state index < -0.39 is 0 Å². The summed E-state index contributed by atoms with van der Waals surface area (Å²) in [7, 11) is 1.90. The molecule has 0 amide bonds. The molecule has 3 rings (SSSR count). The lowest BCUT2D eigenvalue weighted by Crippen LogP contribution is -2.20. The van der Waals surface area contributed by atoms with E-state index in [1.165, 1.54) is 18.5 Å². The molecule has 0 fully saturated rings. The molecule has 6 nitrogen and oxygen atoms in total. The van der Waals surface area contributed by atoms with Crippen molar-refractivity contribution in [2.45, 2.75) is 25.9 Å². The first-order chi connectivity index (χ1) is 12.5. The van der Waals surface area contributed by atoms with Gasteiger partial charge in [0.25, 0.3) is 0 Å². The topological polar surface area (TPSA) is 77.2 Å². The molecule has 3 aromatic rings. The van der Waals surface area contributed by atoms with Crippen molar-refractivity contribution < 1.29 is 9.13 Å². The Morgan fingerprint density at radius 1 is 1.23 bits per heavy atom. The number of nitrogens with zero attached hydrogens (tertiary/aromatic N) is 4. The normalized spacial score (nSPS) is 12.2. The highest BCUT2D eigenvalue weighted by molar-refractivity contribution is 5.74. The van der Waals surface area contributed by atoms with Crippen LogP contribution in [0.5, 0.6) is 5.75 Å². The summed E-state index contributed by atoms with van der Waals surface area (Å²) in [4.78, 5) is 14.7. The Kier molecular flexibility index (Phi) is 5.58. The molecule has 0 saturated heterocycles. The third-order valence-corrected chi connectivity index (χ3v) is 4.00. The van der Waals surface area contributed by atoms with Gasteiger partial charge in [0.1, 0.15) is 29.2 Å². The van der Waals surface area contributed by atoms with Gasteiger partial charge in [-0.2, -0.15) is 0 Å². The Labute approximate surface area is 151 Å². The maximum absolute atomic E-state index is 13.7. The van der Waals surface area contributed by atoms with E-state index in [-0.39, 0.29) is 11.9 Å². The molecule has 0 unspecified atom stereocenters. The first kappa shape index (κ1) is 18.0. The summed E-state index contributed by atoms with van der Waals surface area (Å²) >= 11 is 0. The number of aromatic nitrogens is 3. The van der Waals surface area contributed by atoms with E-state index in [2.05, 4.69) is 15.0 Å². The van der Waals surface area contributed by atoms with Gasteiger partial charge in [0.2, 0.25) is 0 Å². The molecule has 0 saturated carbocycles. The Hall–Kier alpha value is -2.80. The molecule has 0 aliphatic rings. The lowest BCUT2D eigenvalue weighted by atomic mass is 10.1. The maximum Gasteiger partial charge on any atom is 0.129 e. The van der Waals surface area contributed by atoms with E-state index in [0.29, 0.717) is 24.4 Å². The summed E-state index contributed by atoms with van der Waals surface area (Å²) in [6, 6.07) is 8.37. The zero-order chi connectivity index (χ0) is 18.5. The number of hydrogen-bond donors (Lipinski definition) is 1. The molecule has 0 bridgehead atoms. The number of pyridine rings is 1. The predicted molar refractivity (Wildman–Crippen MR) is 99.6 cm³/mol. The highest BCUT2D eigenvalue weighted by atomic mass is 19.1. The van der Waals surface area contributed by atoms with Crippen molar-refractivity contribution in [3.63, 3.8) is 0 Å². The molecule has 0 aliphatic carbocycles. The number of hydrogen-bond acceptors (Lipinski definition) is 6. The largest absolute Gasteiger partial charge is 0.493 e. The van der Waals surface area contributed by atoms with Crippen LogP contribution in [0.4, 0.5) is 10.2 Å². The summed E-state index contributed by atoms with van der Waals surface area (Å²) in [6.45, 7) is 2.88. The standard InChI is InChI=1S/C19H22FN5O/c1-13(21)7-8-26-18-5-3-15(20)9-14(18)11-25(2)19-6-4-16-17(24-19)10-22-12-23-16/h3-6,9-10,12-13H,7-8,11,21H2,1-2H3/t13-/m1/s1. The minimum Gasteiger partial charge on any atom is -0.493 e. The Morgan fingerprint density at radius 3 is 2.88 bits per heavy atom. The van der Waals surface area contributed by atoms with Crippen molar-refractivity contribution >= 4 is 16.9 Å². The van der Waals surface area contributed by atoms with Gasteiger partial charge in [0.05, 0.1) is 18.3 Å². The van der Waals surface area contributed by atoms with Gasteiger partial charge >= 0.3 is 0 Å². The van der Waals surface area contributed by atoms with E-state index >= 15 is 0 Å². The Morgan fingerprint density at radius 2 is 2.08 bits per heavy atom. The van der Waals surface area contributed by atoms with Crippen LogP contribution in [0.1, 0.15) is 18.9 Å². The van der Waals surface area contributed by atoms with Gasteiger partial charge in [0.15, 0.2) is 0 Å². The molecule has 7 heteroatoms. The van der Waals surface area contributed by atoms with Crippen LogP contribution in [-0.4, -0.2) is 34.6 Å². The van der Waals surface area contributed by atoms with Crippen LogP contribution in [0.15, 0.2) is 42.9 Å². The number of anilines is 1. The van der Waals surface area contributed by atoms with Gasteiger partial charge in [-0.3, -0.25) is 0 Å². The van der Waals surface area contributed by atoms with Crippen molar-refractivity contribution in [1.29, 1.82) is 0 Å². The van der Waals surface area contributed by atoms with Gasteiger partial charge in [-0.1, -0.05) is 0 Å². The van der Waals surface area contributed by atoms with Gasteiger partial charge in [-0.05, 0) is 43.7 Å². The molecular weight excluding hydrogens is 333 g/mol. The zero-order valence-electron chi connectivity index (χ0n) is 14.9.